The van der Waals surface area contributed by atoms with Gasteiger partial charge in [-0.2, -0.15) is 0 Å². The molecule has 0 fully saturated rings. The Balaban J connectivity index is 1.84. The number of aryl methyl sites for hydroxylation is 1. The summed E-state index contributed by atoms with van der Waals surface area (Å²) in [5.41, 5.74) is 1.59. The van der Waals surface area contributed by atoms with Crippen LogP contribution in [0, 0.1) is 0 Å². The van der Waals surface area contributed by atoms with Crippen LogP contribution in [0.5, 0.6) is 23.0 Å². The highest BCUT2D eigenvalue weighted by Gasteiger charge is 2.21. The van der Waals surface area contributed by atoms with Crippen molar-refractivity contribution in [2.45, 2.75) is 44.0 Å². The number of benzene rings is 2. The van der Waals surface area contributed by atoms with Crippen LogP contribution >= 0.6 is 0 Å². The Hall–Kier alpha value is -2.48. The number of methoxy groups -OCH3 is 2. The Bertz CT molecular complexity index is 762. The van der Waals surface area contributed by atoms with Gasteiger partial charge in [-0.15, -0.1) is 0 Å². The molecule has 0 bridgehead atoms. The first-order chi connectivity index (χ1) is 13.3. The molecule has 0 spiro atoms. The zero-order valence-corrected chi connectivity index (χ0v) is 16.1. The van der Waals surface area contributed by atoms with E-state index in [9.17, 15) is 25.5 Å². The minimum absolute atomic E-state index is 0.00238. The van der Waals surface area contributed by atoms with Crippen LogP contribution in [0.2, 0.25) is 0 Å². The van der Waals surface area contributed by atoms with Crippen LogP contribution in [-0.4, -0.2) is 58.1 Å². The number of aromatic hydroxyl groups is 2. The van der Waals surface area contributed by atoms with E-state index in [0.717, 1.165) is 5.56 Å². The molecule has 0 amide bonds. The van der Waals surface area contributed by atoms with Gasteiger partial charge in [-0.1, -0.05) is 12.1 Å². The van der Waals surface area contributed by atoms with Gasteiger partial charge < -0.3 is 35.0 Å². The average Bonchev–Trinajstić information content (AvgIpc) is 2.68. The maximum absolute atomic E-state index is 10.2. The summed E-state index contributed by atoms with van der Waals surface area (Å²) in [6.45, 7) is 0. The Morgan fingerprint density at radius 1 is 0.786 bits per heavy atom. The number of ether oxygens (including phenoxy) is 2. The largest absolute Gasteiger partial charge is 0.504 e. The topological polar surface area (TPSA) is 120 Å². The number of hydrogen-bond acceptors (Lipinski definition) is 7. The molecule has 0 aliphatic heterocycles. The van der Waals surface area contributed by atoms with Crippen molar-refractivity contribution in [1.82, 2.24) is 0 Å². The van der Waals surface area contributed by atoms with Gasteiger partial charge in [0.25, 0.3) is 0 Å². The predicted octanol–water partition coefficient (Wildman–Crippen LogP) is 1.76. The Labute approximate surface area is 164 Å². The number of hydrogen-bond donors (Lipinski definition) is 5. The smallest absolute Gasteiger partial charge is 0.160 e. The molecule has 7 nitrogen and oxygen atoms in total. The van der Waals surface area contributed by atoms with Gasteiger partial charge in [-0.05, 0) is 48.2 Å². The van der Waals surface area contributed by atoms with E-state index in [1.54, 1.807) is 24.3 Å². The molecule has 2 rings (SSSR count). The summed E-state index contributed by atoms with van der Waals surface area (Å²) >= 11 is 0. The lowest BCUT2D eigenvalue weighted by molar-refractivity contribution is -0.0128. The van der Waals surface area contributed by atoms with Gasteiger partial charge >= 0.3 is 0 Å². The molecular weight excluding hydrogens is 364 g/mol. The number of aliphatic hydroxyl groups excluding tert-OH is 3. The normalized spacial score (nSPS) is 14.3. The zero-order chi connectivity index (χ0) is 20.7. The minimum Gasteiger partial charge on any atom is -0.504 e. The van der Waals surface area contributed by atoms with Crippen LogP contribution in [-0.2, 0) is 12.8 Å². The van der Waals surface area contributed by atoms with Crippen LogP contribution in [0.1, 0.15) is 24.0 Å². The third-order valence-electron chi connectivity index (χ3n) is 4.66. The molecule has 154 valence electrons. The Morgan fingerprint density at radius 3 is 1.89 bits per heavy atom. The fraction of sp³-hybridized carbons (Fsp3) is 0.429. The van der Waals surface area contributed by atoms with E-state index in [4.69, 9.17) is 9.47 Å². The van der Waals surface area contributed by atoms with Gasteiger partial charge in [0.15, 0.2) is 23.0 Å². The van der Waals surface area contributed by atoms with Crippen LogP contribution < -0.4 is 9.47 Å². The van der Waals surface area contributed by atoms with Gasteiger partial charge in [-0.3, -0.25) is 0 Å². The lowest BCUT2D eigenvalue weighted by Gasteiger charge is -2.21. The third-order valence-corrected chi connectivity index (χ3v) is 4.66. The van der Waals surface area contributed by atoms with Crippen molar-refractivity contribution in [3.63, 3.8) is 0 Å². The van der Waals surface area contributed by atoms with Gasteiger partial charge in [0.05, 0.1) is 32.5 Å². The third kappa shape index (κ3) is 6.02. The summed E-state index contributed by atoms with van der Waals surface area (Å²) in [5.74, 6) is 0.717. The molecular formula is C21H28O7. The molecule has 0 radical (unpaired) electrons. The van der Waals surface area contributed by atoms with Crippen molar-refractivity contribution in [2.24, 2.45) is 0 Å². The summed E-state index contributed by atoms with van der Waals surface area (Å²) in [6, 6.07) is 9.68. The number of rotatable bonds is 10. The predicted molar refractivity (Wildman–Crippen MR) is 104 cm³/mol. The molecule has 2 aromatic rings. The second-order valence-corrected chi connectivity index (χ2v) is 6.78. The maximum atomic E-state index is 10.2. The van der Waals surface area contributed by atoms with Crippen molar-refractivity contribution in [2.75, 3.05) is 14.2 Å². The van der Waals surface area contributed by atoms with E-state index < -0.39 is 18.3 Å². The fourth-order valence-electron chi connectivity index (χ4n) is 2.99. The molecule has 3 unspecified atom stereocenters. The van der Waals surface area contributed by atoms with Gasteiger partial charge in [0.1, 0.15) is 0 Å². The lowest BCUT2D eigenvalue weighted by atomic mass is 9.97. The molecule has 0 aliphatic carbocycles. The SMILES string of the molecule is COc1cc(CCC(O)CC(O)C(O)Cc2ccc(O)c(OC)c2)ccc1O. The van der Waals surface area contributed by atoms with E-state index in [-0.39, 0.29) is 24.3 Å². The number of aliphatic hydroxyl groups is 3. The number of phenols is 2. The van der Waals surface area contributed by atoms with Crippen molar-refractivity contribution in [1.29, 1.82) is 0 Å². The first-order valence-electron chi connectivity index (χ1n) is 9.10. The number of phenolic OH excluding ortho intramolecular Hbond substituents is 2. The van der Waals surface area contributed by atoms with Crippen molar-refractivity contribution in [3.8, 4) is 23.0 Å². The quantitative estimate of drug-likeness (QED) is 0.418. The van der Waals surface area contributed by atoms with Crippen LogP contribution in [0.15, 0.2) is 36.4 Å². The van der Waals surface area contributed by atoms with E-state index in [1.807, 2.05) is 0 Å². The monoisotopic (exact) mass is 392 g/mol. The average molecular weight is 392 g/mol. The summed E-state index contributed by atoms with van der Waals surface area (Å²) in [5, 5.41) is 49.8. The molecule has 3 atom stereocenters. The van der Waals surface area contributed by atoms with E-state index in [2.05, 4.69) is 0 Å². The van der Waals surface area contributed by atoms with Crippen LogP contribution in [0.3, 0.4) is 0 Å². The highest BCUT2D eigenvalue weighted by Crippen LogP contribution is 2.28. The molecule has 28 heavy (non-hydrogen) atoms. The highest BCUT2D eigenvalue weighted by molar-refractivity contribution is 5.42. The molecule has 5 N–H and O–H groups in total. The van der Waals surface area contributed by atoms with E-state index in [1.165, 1.54) is 26.4 Å². The first kappa shape index (κ1) is 21.8. The Morgan fingerprint density at radius 2 is 1.32 bits per heavy atom. The van der Waals surface area contributed by atoms with Crippen LogP contribution in [0.4, 0.5) is 0 Å². The van der Waals surface area contributed by atoms with Crippen molar-refractivity contribution >= 4 is 0 Å². The van der Waals surface area contributed by atoms with Gasteiger partial charge in [-0.25, -0.2) is 0 Å². The molecule has 0 saturated heterocycles. The first-order valence-corrected chi connectivity index (χ1v) is 9.10. The van der Waals surface area contributed by atoms with Gasteiger partial charge in [0, 0.05) is 12.8 Å². The standard InChI is InChI=1S/C21H28O7/c1-27-20-10-13(4-7-16(20)23)3-6-15(22)12-19(26)18(25)9-14-5-8-17(24)21(11-14)28-2/h4-5,7-8,10-11,15,18-19,22-26H,3,6,9,12H2,1-2H3. The van der Waals surface area contributed by atoms with Crippen LogP contribution in [0.25, 0.3) is 0 Å². The second kappa shape index (κ2) is 10.2. The molecule has 0 aliphatic rings. The molecule has 7 heteroatoms. The van der Waals surface area contributed by atoms with Crippen molar-refractivity contribution in [3.05, 3.63) is 47.5 Å². The molecule has 0 heterocycles. The fourth-order valence-corrected chi connectivity index (χ4v) is 2.99. The zero-order valence-electron chi connectivity index (χ0n) is 16.1. The summed E-state index contributed by atoms with van der Waals surface area (Å²) < 4.78 is 10.1. The Kier molecular flexibility index (Phi) is 7.92. The highest BCUT2D eigenvalue weighted by atomic mass is 16.5. The molecule has 2 aromatic carbocycles. The minimum atomic E-state index is -1.09. The second-order valence-electron chi connectivity index (χ2n) is 6.78. The summed E-state index contributed by atoms with van der Waals surface area (Å²) in [4.78, 5) is 0. The maximum Gasteiger partial charge on any atom is 0.160 e. The lowest BCUT2D eigenvalue weighted by Crippen LogP contribution is -2.31. The van der Waals surface area contributed by atoms with Gasteiger partial charge in [0.2, 0.25) is 0 Å². The van der Waals surface area contributed by atoms with Crippen molar-refractivity contribution < 1.29 is 35.0 Å². The summed E-state index contributed by atoms with van der Waals surface area (Å²) in [6.07, 6.45) is -1.81. The molecule has 0 aromatic heterocycles. The molecule has 0 saturated carbocycles. The summed E-state index contributed by atoms with van der Waals surface area (Å²) in [7, 11) is 2.90. The van der Waals surface area contributed by atoms with E-state index >= 15 is 0 Å². The van der Waals surface area contributed by atoms with E-state index in [0.29, 0.717) is 29.9 Å².